The standard InChI is InChI=1S/C10H19O8P/c1-15-9(11)5-3-7-17-19(13,14)18-8-4-6-10(12)16-2/h3-8H2,1-2H3,(H,13,14). The maximum atomic E-state index is 11.3. The van der Waals surface area contributed by atoms with Crippen molar-refractivity contribution in [3.8, 4) is 0 Å². The van der Waals surface area contributed by atoms with Crippen LogP contribution in [0, 0.1) is 0 Å². The first-order valence-corrected chi connectivity index (χ1v) is 7.16. The molecule has 0 atom stereocenters. The van der Waals surface area contributed by atoms with Gasteiger partial charge in [-0.05, 0) is 12.8 Å². The van der Waals surface area contributed by atoms with E-state index >= 15 is 0 Å². The quantitative estimate of drug-likeness (QED) is 0.362. The Bertz CT molecular complexity index is 301. The van der Waals surface area contributed by atoms with Gasteiger partial charge in [-0.1, -0.05) is 0 Å². The molecule has 0 fully saturated rings. The van der Waals surface area contributed by atoms with Gasteiger partial charge >= 0.3 is 19.8 Å². The molecule has 0 radical (unpaired) electrons. The third-order valence-corrected chi connectivity index (χ3v) is 3.03. The van der Waals surface area contributed by atoms with Crippen LogP contribution in [0.5, 0.6) is 0 Å². The highest BCUT2D eigenvalue weighted by molar-refractivity contribution is 7.47. The van der Waals surface area contributed by atoms with Crippen LogP contribution in [0.15, 0.2) is 0 Å². The molecule has 112 valence electrons. The van der Waals surface area contributed by atoms with Crippen molar-refractivity contribution < 1.29 is 37.6 Å². The molecule has 9 heteroatoms. The average Bonchev–Trinajstić information content (AvgIpc) is 2.39. The van der Waals surface area contributed by atoms with E-state index in [1.807, 2.05) is 0 Å². The lowest BCUT2D eigenvalue weighted by Gasteiger charge is -2.11. The molecule has 0 spiro atoms. The highest BCUT2D eigenvalue weighted by Crippen LogP contribution is 2.43. The Balaban J connectivity index is 3.66. The Hall–Kier alpha value is -0.950. The molecule has 1 N–H and O–H groups in total. The van der Waals surface area contributed by atoms with Crippen molar-refractivity contribution in [3.63, 3.8) is 0 Å². The first-order valence-electron chi connectivity index (χ1n) is 5.67. The second kappa shape index (κ2) is 9.91. The SMILES string of the molecule is COC(=O)CCCOP(=O)(O)OCCCC(=O)OC. The first-order chi connectivity index (χ1) is 8.91. The number of ether oxygens (including phenoxy) is 2. The molecule has 0 aromatic carbocycles. The molecule has 0 heterocycles. The zero-order valence-electron chi connectivity index (χ0n) is 11.0. The van der Waals surface area contributed by atoms with E-state index in [4.69, 9.17) is 0 Å². The van der Waals surface area contributed by atoms with Gasteiger partial charge in [-0.2, -0.15) is 0 Å². The summed E-state index contributed by atoms with van der Waals surface area (Å²) in [5.41, 5.74) is 0. The second-order valence-electron chi connectivity index (χ2n) is 3.49. The fourth-order valence-electron chi connectivity index (χ4n) is 1.03. The minimum absolute atomic E-state index is 0.0961. The molecule has 0 saturated heterocycles. The van der Waals surface area contributed by atoms with Crippen molar-refractivity contribution in [2.24, 2.45) is 0 Å². The lowest BCUT2D eigenvalue weighted by Crippen LogP contribution is -2.05. The largest absolute Gasteiger partial charge is 0.472 e. The van der Waals surface area contributed by atoms with E-state index in [1.165, 1.54) is 14.2 Å². The molecule has 0 aliphatic rings. The van der Waals surface area contributed by atoms with Gasteiger partial charge in [0.15, 0.2) is 0 Å². The van der Waals surface area contributed by atoms with E-state index in [-0.39, 0.29) is 38.9 Å². The van der Waals surface area contributed by atoms with E-state index < -0.39 is 19.8 Å². The highest BCUT2D eigenvalue weighted by atomic mass is 31.2. The molecular formula is C10H19O8P. The van der Waals surface area contributed by atoms with E-state index in [1.54, 1.807) is 0 Å². The van der Waals surface area contributed by atoms with Crippen LogP contribution in [-0.2, 0) is 32.7 Å². The van der Waals surface area contributed by atoms with Crippen LogP contribution >= 0.6 is 7.82 Å². The van der Waals surface area contributed by atoms with Gasteiger partial charge in [-0.3, -0.25) is 18.6 Å². The molecule has 0 saturated carbocycles. The number of carbonyl (C=O) groups is 2. The minimum atomic E-state index is -4.13. The molecule has 0 rings (SSSR count). The smallest absolute Gasteiger partial charge is 0.469 e. The molecule has 0 aromatic rings. The zero-order chi connectivity index (χ0) is 14.7. The van der Waals surface area contributed by atoms with Gasteiger partial charge in [-0.25, -0.2) is 4.57 Å². The second-order valence-corrected chi connectivity index (χ2v) is 4.95. The molecule has 0 unspecified atom stereocenters. The summed E-state index contributed by atoms with van der Waals surface area (Å²) >= 11 is 0. The van der Waals surface area contributed by atoms with Gasteiger partial charge < -0.3 is 14.4 Å². The van der Waals surface area contributed by atoms with Crippen LogP contribution in [0.4, 0.5) is 0 Å². The molecular weight excluding hydrogens is 279 g/mol. The fourth-order valence-corrected chi connectivity index (χ4v) is 1.83. The van der Waals surface area contributed by atoms with Gasteiger partial charge in [-0.15, -0.1) is 0 Å². The number of esters is 2. The summed E-state index contributed by atoms with van der Waals surface area (Å²) in [7, 11) is -1.62. The van der Waals surface area contributed by atoms with E-state index in [9.17, 15) is 19.0 Å². The Morgan fingerprint density at radius 2 is 1.32 bits per heavy atom. The van der Waals surface area contributed by atoms with Crippen LogP contribution in [0.1, 0.15) is 25.7 Å². The van der Waals surface area contributed by atoms with E-state index in [0.29, 0.717) is 0 Å². The van der Waals surface area contributed by atoms with Crippen molar-refractivity contribution in [1.82, 2.24) is 0 Å². The highest BCUT2D eigenvalue weighted by Gasteiger charge is 2.20. The molecule has 19 heavy (non-hydrogen) atoms. The van der Waals surface area contributed by atoms with Crippen molar-refractivity contribution in [1.29, 1.82) is 0 Å². The van der Waals surface area contributed by atoms with Gasteiger partial charge in [0, 0.05) is 12.8 Å². The van der Waals surface area contributed by atoms with Gasteiger partial charge in [0.1, 0.15) is 0 Å². The Kier molecular flexibility index (Phi) is 9.42. The molecule has 8 nitrogen and oxygen atoms in total. The number of hydrogen-bond donors (Lipinski definition) is 1. The third kappa shape index (κ3) is 10.6. The molecule has 0 bridgehead atoms. The number of hydrogen-bond acceptors (Lipinski definition) is 7. The Labute approximate surface area is 111 Å². The Morgan fingerprint density at radius 1 is 0.947 bits per heavy atom. The van der Waals surface area contributed by atoms with Crippen LogP contribution in [0.25, 0.3) is 0 Å². The normalized spacial score (nSPS) is 11.1. The van der Waals surface area contributed by atoms with Crippen molar-refractivity contribution >= 4 is 19.8 Å². The molecule has 0 amide bonds. The molecule has 0 aromatic heterocycles. The summed E-state index contributed by atoms with van der Waals surface area (Å²) in [4.78, 5) is 30.7. The van der Waals surface area contributed by atoms with Gasteiger partial charge in [0.25, 0.3) is 0 Å². The maximum absolute atomic E-state index is 11.3. The summed E-state index contributed by atoms with van der Waals surface area (Å²) in [6.07, 6.45) is 0.698. The topological polar surface area (TPSA) is 108 Å². The summed E-state index contributed by atoms with van der Waals surface area (Å²) in [6.45, 7) is -0.195. The minimum Gasteiger partial charge on any atom is -0.469 e. The Morgan fingerprint density at radius 3 is 1.63 bits per heavy atom. The van der Waals surface area contributed by atoms with E-state index in [2.05, 4.69) is 18.5 Å². The number of methoxy groups -OCH3 is 2. The lowest BCUT2D eigenvalue weighted by molar-refractivity contribution is -0.141. The lowest BCUT2D eigenvalue weighted by atomic mass is 10.3. The van der Waals surface area contributed by atoms with E-state index in [0.717, 1.165) is 0 Å². The van der Waals surface area contributed by atoms with Gasteiger partial charge in [0.05, 0.1) is 27.4 Å². The predicted molar refractivity (Wildman–Crippen MR) is 64.2 cm³/mol. The number of carbonyl (C=O) groups excluding carboxylic acids is 2. The predicted octanol–water partition coefficient (Wildman–Crippen LogP) is 1.03. The first kappa shape index (κ1) is 18.0. The van der Waals surface area contributed by atoms with Gasteiger partial charge in [0.2, 0.25) is 0 Å². The maximum Gasteiger partial charge on any atom is 0.472 e. The summed E-state index contributed by atoms with van der Waals surface area (Å²) < 4.78 is 29.4. The monoisotopic (exact) mass is 298 g/mol. The van der Waals surface area contributed by atoms with Crippen molar-refractivity contribution in [2.45, 2.75) is 25.7 Å². The van der Waals surface area contributed by atoms with Crippen LogP contribution in [0.3, 0.4) is 0 Å². The molecule has 0 aliphatic heterocycles. The summed E-state index contributed by atoms with van der Waals surface area (Å²) in [5, 5.41) is 0. The third-order valence-electron chi connectivity index (χ3n) is 2.01. The van der Waals surface area contributed by atoms with Crippen LogP contribution in [0.2, 0.25) is 0 Å². The number of rotatable bonds is 10. The zero-order valence-corrected chi connectivity index (χ0v) is 11.9. The summed E-state index contributed by atoms with van der Waals surface area (Å²) in [6, 6.07) is 0. The number of phosphoric acid groups is 1. The van der Waals surface area contributed by atoms with Crippen LogP contribution in [-0.4, -0.2) is 44.3 Å². The van der Waals surface area contributed by atoms with Crippen molar-refractivity contribution in [3.05, 3.63) is 0 Å². The fraction of sp³-hybridized carbons (Fsp3) is 0.800. The van der Waals surface area contributed by atoms with Crippen molar-refractivity contribution in [2.75, 3.05) is 27.4 Å². The average molecular weight is 298 g/mol. The van der Waals surface area contributed by atoms with Crippen LogP contribution < -0.4 is 0 Å². The summed E-state index contributed by atoms with van der Waals surface area (Å²) in [5.74, 6) is -0.842. The molecule has 0 aliphatic carbocycles. The number of phosphoric ester groups is 1.